The van der Waals surface area contributed by atoms with Crippen LogP contribution in [0.4, 0.5) is 0 Å². The van der Waals surface area contributed by atoms with E-state index in [0.29, 0.717) is 0 Å². The van der Waals surface area contributed by atoms with Crippen LogP contribution in [-0.4, -0.2) is 6.04 Å². The van der Waals surface area contributed by atoms with Crippen molar-refractivity contribution in [3.05, 3.63) is 6.54 Å². The second kappa shape index (κ2) is 5.06. The van der Waals surface area contributed by atoms with Crippen LogP contribution in [0.5, 0.6) is 0 Å². The predicted octanol–water partition coefficient (Wildman–Crippen LogP) is 0.624. The standard InChI is InChI=1S/C6H15N2/c1-2-3-6(8)4-5-7/h5-6H,2-4,7-8H2,1H3. The molecular formula is C6H15N2. The smallest absolute Gasteiger partial charge is 0.0207 e. The third kappa shape index (κ3) is 4.09. The molecule has 2 nitrogen and oxygen atoms in total. The minimum absolute atomic E-state index is 0.282. The summed E-state index contributed by atoms with van der Waals surface area (Å²) >= 11 is 0. The van der Waals surface area contributed by atoms with E-state index in [4.69, 9.17) is 11.5 Å². The second-order valence-electron chi connectivity index (χ2n) is 2.02. The van der Waals surface area contributed by atoms with Gasteiger partial charge < -0.3 is 11.5 Å². The van der Waals surface area contributed by atoms with E-state index in [1.807, 2.05) is 0 Å². The van der Waals surface area contributed by atoms with Crippen LogP contribution in [0.3, 0.4) is 0 Å². The van der Waals surface area contributed by atoms with Crippen molar-refractivity contribution in [1.82, 2.24) is 0 Å². The van der Waals surface area contributed by atoms with Gasteiger partial charge in [0.1, 0.15) is 0 Å². The summed E-state index contributed by atoms with van der Waals surface area (Å²) in [5.41, 5.74) is 10.7. The van der Waals surface area contributed by atoms with Crippen molar-refractivity contribution in [1.29, 1.82) is 0 Å². The zero-order chi connectivity index (χ0) is 6.41. The van der Waals surface area contributed by atoms with E-state index in [2.05, 4.69) is 6.92 Å². The number of rotatable bonds is 4. The van der Waals surface area contributed by atoms with Gasteiger partial charge >= 0.3 is 0 Å². The fourth-order valence-corrected chi connectivity index (χ4v) is 0.663. The van der Waals surface area contributed by atoms with Gasteiger partial charge in [-0.25, -0.2) is 0 Å². The molecule has 0 aromatic carbocycles. The predicted molar refractivity (Wildman–Crippen MR) is 36.0 cm³/mol. The molecule has 49 valence electrons. The van der Waals surface area contributed by atoms with E-state index in [9.17, 15) is 0 Å². The first kappa shape index (κ1) is 7.92. The molecule has 0 saturated carbocycles. The fourth-order valence-electron chi connectivity index (χ4n) is 0.663. The van der Waals surface area contributed by atoms with Crippen molar-refractivity contribution in [2.75, 3.05) is 0 Å². The molecule has 0 aliphatic carbocycles. The molecule has 1 unspecified atom stereocenters. The third-order valence-electron chi connectivity index (χ3n) is 1.10. The maximum Gasteiger partial charge on any atom is 0.0207 e. The van der Waals surface area contributed by atoms with Crippen LogP contribution in [0.15, 0.2) is 0 Å². The molecule has 0 saturated heterocycles. The molecule has 0 aliphatic rings. The molecule has 1 atom stereocenters. The molecule has 0 aromatic rings. The molecule has 0 rings (SSSR count). The van der Waals surface area contributed by atoms with Crippen LogP contribution in [0.2, 0.25) is 0 Å². The minimum atomic E-state index is 0.282. The van der Waals surface area contributed by atoms with Gasteiger partial charge in [-0.05, 0) is 12.8 Å². The lowest BCUT2D eigenvalue weighted by atomic mass is 10.1. The molecule has 0 amide bonds. The summed E-state index contributed by atoms with van der Waals surface area (Å²) < 4.78 is 0. The zero-order valence-electron chi connectivity index (χ0n) is 5.43. The molecule has 0 bridgehead atoms. The van der Waals surface area contributed by atoms with E-state index in [0.717, 1.165) is 19.3 Å². The van der Waals surface area contributed by atoms with Crippen LogP contribution < -0.4 is 11.5 Å². The zero-order valence-corrected chi connectivity index (χ0v) is 5.43. The van der Waals surface area contributed by atoms with Crippen molar-refractivity contribution in [3.8, 4) is 0 Å². The first-order valence-electron chi connectivity index (χ1n) is 3.10. The van der Waals surface area contributed by atoms with Crippen molar-refractivity contribution in [3.63, 3.8) is 0 Å². The average molecular weight is 115 g/mol. The Hall–Kier alpha value is -0.0800. The van der Waals surface area contributed by atoms with Crippen LogP contribution in [0.1, 0.15) is 26.2 Å². The van der Waals surface area contributed by atoms with Gasteiger partial charge in [0.25, 0.3) is 0 Å². The van der Waals surface area contributed by atoms with Crippen molar-refractivity contribution in [2.45, 2.75) is 32.2 Å². The van der Waals surface area contributed by atoms with Crippen LogP contribution in [0.25, 0.3) is 0 Å². The lowest BCUT2D eigenvalue weighted by molar-refractivity contribution is 0.592. The van der Waals surface area contributed by atoms with Gasteiger partial charge in [-0.2, -0.15) is 0 Å². The number of hydrogen-bond donors (Lipinski definition) is 2. The largest absolute Gasteiger partial charge is 0.328 e. The molecule has 2 heteroatoms. The molecule has 8 heavy (non-hydrogen) atoms. The van der Waals surface area contributed by atoms with E-state index in [-0.39, 0.29) is 6.04 Å². The topological polar surface area (TPSA) is 52.0 Å². The van der Waals surface area contributed by atoms with Crippen LogP contribution >= 0.6 is 0 Å². The van der Waals surface area contributed by atoms with Crippen LogP contribution in [-0.2, 0) is 0 Å². The van der Waals surface area contributed by atoms with E-state index in [1.165, 1.54) is 0 Å². The Kier molecular flexibility index (Phi) is 5.01. The van der Waals surface area contributed by atoms with Gasteiger partial charge in [-0.15, -0.1) is 0 Å². The summed E-state index contributed by atoms with van der Waals surface area (Å²) in [6, 6.07) is 0.282. The summed E-state index contributed by atoms with van der Waals surface area (Å²) in [6.45, 7) is 3.75. The molecule has 0 fully saturated rings. The molecular weight excluding hydrogens is 100 g/mol. The molecule has 1 radical (unpaired) electrons. The Bertz CT molecular complexity index is 39.8. The van der Waals surface area contributed by atoms with E-state index < -0.39 is 0 Å². The lowest BCUT2D eigenvalue weighted by Gasteiger charge is -2.05. The Morgan fingerprint density at radius 1 is 1.62 bits per heavy atom. The molecule has 0 aliphatic heterocycles. The van der Waals surface area contributed by atoms with Gasteiger partial charge in [0.2, 0.25) is 0 Å². The lowest BCUT2D eigenvalue weighted by Crippen LogP contribution is -2.20. The fraction of sp³-hybridized carbons (Fsp3) is 0.833. The quantitative estimate of drug-likeness (QED) is 0.564. The van der Waals surface area contributed by atoms with Gasteiger partial charge in [0, 0.05) is 12.6 Å². The Morgan fingerprint density at radius 3 is 2.62 bits per heavy atom. The van der Waals surface area contributed by atoms with E-state index in [1.54, 1.807) is 6.54 Å². The molecule has 4 N–H and O–H groups in total. The maximum absolute atomic E-state index is 5.58. The van der Waals surface area contributed by atoms with Crippen molar-refractivity contribution < 1.29 is 0 Å². The molecule has 0 spiro atoms. The molecule has 0 aromatic heterocycles. The van der Waals surface area contributed by atoms with E-state index >= 15 is 0 Å². The first-order chi connectivity index (χ1) is 3.81. The van der Waals surface area contributed by atoms with Crippen LogP contribution in [0, 0.1) is 6.54 Å². The number of nitrogens with two attached hydrogens (primary N) is 2. The Labute approximate surface area is 51.2 Å². The van der Waals surface area contributed by atoms with Gasteiger partial charge in [-0.3, -0.25) is 0 Å². The monoisotopic (exact) mass is 115 g/mol. The summed E-state index contributed by atoms with van der Waals surface area (Å²) in [4.78, 5) is 0. The third-order valence-corrected chi connectivity index (χ3v) is 1.10. The van der Waals surface area contributed by atoms with Gasteiger partial charge in [-0.1, -0.05) is 13.3 Å². The Balaban J connectivity index is 2.92. The molecule has 0 heterocycles. The normalized spacial score (nSPS) is 13.9. The minimum Gasteiger partial charge on any atom is -0.328 e. The summed E-state index contributed by atoms with van der Waals surface area (Å²) in [5, 5.41) is 0. The SMILES string of the molecule is CCCC(N)C[CH]N. The first-order valence-corrected chi connectivity index (χ1v) is 3.10. The van der Waals surface area contributed by atoms with Gasteiger partial charge in [0.15, 0.2) is 0 Å². The average Bonchev–Trinajstić information content (AvgIpc) is 1.68. The Morgan fingerprint density at radius 2 is 2.25 bits per heavy atom. The highest BCUT2D eigenvalue weighted by Crippen LogP contribution is 1.96. The maximum atomic E-state index is 5.58. The number of hydrogen-bond acceptors (Lipinski definition) is 2. The summed E-state index contributed by atoms with van der Waals surface area (Å²) in [7, 11) is 0. The second-order valence-corrected chi connectivity index (χ2v) is 2.02. The summed E-state index contributed by atoms with van der Waals surface area (Å²) in [6.07, 6.45) is 3.07. The van der Waals surface area contributed by atoms with Gasteiger partial charge in [0.05, 0.1) is 0 Å². The van der Waals surface area contributed by atoms with Crippen molar-refractivity contribution in [2.24, 2.45) is 11.5 Å². The summed E-state index contributed by atoms with van der Waals surface area (Å²) in [5.74, 6) is 0. The highest BCUT2D eigenvalue weighted by Gasteiger charge is 1.96. The van der Waals surface area contributed by atoms with Crippen molar-refractivity contribution >= 4 is 0 Å². The highest BCUT2D eigenvalue weighted by molar-refractivity contribution is 4.66. The highest BCUT2D eigenvalue weighted by atomic mass is 14.6.